The smallest absolute Gasteiger partial charge is 0.259 e. The van der Waals surface area contributed by atoms with E-state index in [-0.39, 0.29) is 36.4 Å². The number of ether oxygens (including phenoxy) is 1. The fourth-order valence-electron chi connectivity index (χ4n) is 4.03. The van der Waals surface area contributed by atoms with Crippen molar-refractivity contribution in [2.24, 2.45) is 11.8 Å². The number of fused-ring (bicyclic) bond motifs is 1. The van der Waals surface area contributed by atoms with E-state index in [1.165, 1.54) is 24.2 Å². The molecule has 1 saturated carbocycles. The molecule has 1 amide bonds. The van der Waals surface area contributed by atoms with Crippen LogP contribution in [0.5, 0.6) is 5.88 Å². The van der Waals surface area contributed by atoms with E-state index in [2.05, 4.69) is 16.8 Å². The van der Waals surface area contributed by atoms with Crippen molar-refractivity contribution < 1.29 is 23.1 Å². The SMILES string of the molecule is C[C@@H]1CN([C@H](C)CO)C(=O)c2cc(C#CC3CCCC3)cnc2O[C@H]1CN(C)S(C)(=O)=O. The molecule has 3 atom stereocenters. The first-order chi connectivity index (χ1) is 15.1. The molecule has 0 spiro atoms. The second-order valence-electron chi connectivity index (χ2n) is 8.99. The third-order valence-electron chi connectivity index (χ3n) is 6.30. The molecular weight excluding hydrogens is 430 g/mol. The standard InChI is InChI=1S/C23H33N3O5S/c1-16-13-26(17(2)15-27)23(28)20-11-19(10-9-18-7-5-6-8-18)12-24-22(20)31-21(16)14-25(3)32(4,29)30/h11-12,16-18,21,27H,5-8,13-15H2,1-4H3/t16-,17-,21+/m1/s1. The summed E-state index contributed by atoms with van der Waals surface area (Å²) in [7, 11) is -1.90. The highest BCUT2D eigenvalue weighted by Crippen LogP contribution is 2.28. The summed E-state index contributed by atoms with van der Waals surface area (Å²) in [6.07, 6.45) is 6.82. The number of hydrogen-bond donors (Lipinski definition) is 1. The number of sulfonamides is 1. The number of rotatable bonds is 5. The average molecular weight is 464 g/mol. The maximum atomic E-state index is 13.4. The van der Waals surface area contributed by atoms with Crippen molar-refractivity contribution in [2.45, 2.75) is 51.7 Å². The number of hydrogen-bond acceptors (Lipinski definition) is 6. The van der Waals surface area contributed by atoms with E-state index in [4.69, 9.17) is 4.74 Å². The third kappa shape index (κ3) is 5.80. The van der Waals surface area contributed by atoms with Gasteiger partial charge >= 0.3 is 0 Å². The van der Waals surface area contributed by atoms with Crippen LogP contribution in [0.15, 0.2) is 12.3 Å². The van der Waals surface area contributed by atoms with Crippen LogP contribution >= 0.6 is 0 Å². The lowest BCUT2D eigenvalue weighted by Gasteiger charge is -2.37. The van der Waals surface area contributed by atoms with Crippen LogP contribution < -0.4 is 4.74 Å². The molecule has 0 aromatic carbocycles. The van der Waals surface area contributed by atoms with Gasteiger partial charge in [0.2, 0.25) is 15.9 Å². The zero-order valence-electron chi connectivity index (χ0n) is 19.2. The van der Waals surface area contributed by atoms with E-state index in [9.17, 15) is 18.3 Å². The normalized spacial score (nSPS) is 23.1. The molecule has 0 saturated heterocycles. The molecular formula is C23H33N3O5S. The third-order valence-corrected chi connectivity index (χ3v) is 7.58. The van der Waals surface area contributed by atoms with E-state index >= 15 is 0 Å². The number of aliphatic hydroxyl groups excluding tert-OH is 1. The molecule has 3 rings (SSSR count). The maximum Gasteiger partial charge on any atom is 0.259 e. The minimum Gasteiger partial charge on any atom is -0.472 e. The number of likely N-dealkylation sites (N-methyl/N-ethyl adjacent to an activating group) is 1. The first kappa shape index (κ1) is 24.5. The highest BCUT2D eigenvalue weighted by molar-refractivity contribution is 7.88. The predicted octanol–water partition coefficient (Wildman–Crippen LogP) is 1.73. The fourth-order valence-corrected chi connectivity index (χ4v) is 4.45. The van der Waals surface area contributed by atoms with E-state index in [1.54, 1.807) is 24.1 Å². The zero-order valence-corrected chi connectivity index (χ0v) is 20.1. The molecule has 1 aromatic heterocycles. The monoisotopic (exact) mass is 463 g/mol. The lowest BCUT2D eigenvalue weighted by atomic mass is 10.00. The molecule has 2 heterocycles. The number of carbonyl (C=O) groups is 1. The minimum absolute atomic E-state index is 0.125. The first-order valence-electron chi connectivity index (χ1n) is 11.1. The van der Waals surface area contributed by atoms with Crippen molar-refractivity contribution in [3.8, 4) is 17.7 Å². The molecule has 0 unspecified atom stereocenters. The molecule has 9 heteroatoms. The van der Waals surface area contributed by atoms with Crippen LogP contribution in [-0.2, 0) is 10.0 Å². The number of aromatic nitrogens is 1. The van der Waals surface area contributed by atoms with Gasteiger partial charge in [0.15, 0.2) is 0 Å². The van der Waals surface area contributed by atoms with Crippen molar-refractivity contribution in [1.82, 2.24) is 14.2 Å². The van der Waals surface area contributed by atoms with Gasteiger partial charge in [0.25, 0.3) is 5.91 Å². The molecule has 1 N–H and O–H groups in total. The van der Waals surface area contributed by atoms with Crippen LogP contribution in [0, 0.1) is 23.7 Å². The molecule has 1 fully saturated rings. The average Bonchev–Trinajstić information content (AvgIpc) is 3.27. The Bertz CT molecular complexity index is 995. The molecule has 0 radical (unpaired) electrons. The molecule has 1 aliphatic heterocycles. The van der Waals surface area contributed by atoms with Gasteiger partial charge in [-0.15, -0.1) is 0 Å². The fraction of sp³-hybridized carbons (Fsp3) is 0.652. The predicted molar refractivity (Wildman–Crippen MR) is 122 cm³/mol. The molecule has 0 bridgehead atoms. The van der Waals surface area contributed by atoms with Crippen molar-refractivity contribution in [3.63, 3.8) is 0 Å². The topological polar surface area (TPSA) is 100 Å². The van der Waals surface area contributed by atoms with Crippen LogP contribution in [-0.4, -0.2) is 78.8 Å². The van der Waals surface area contributed by atoms with E-state index in [0.717, 1.165) is 19.1 Å². The highest BCUT2D eigenvalue weighted by Gasteiger charge is 2.35. The molecule has 2 aliphatic rings. The van der Waals surface area contributed by atoms with Gasteiger partial charge in [-0.3, -0.25) is 4.79 Å². The largest absolute Gasteiger partial charge is 0.472 e. The van der Waals surface area contributed by atoms with Gasteiger partial charge in [0.1, 0.15) is 11.7 Å². The first-order valence-corrected chi connectivity index (χ1v) is 13.0. The van der Waals surface area contributed by atoms with Gasteiger partial charge in [-0.1, -0.05) is 31.6 Å². The van der Waals surface area contributed by atoms with Gasteiger partial charge in [0.05, 0.1) is 25.4 Å². The lowest BCUT2D eigenvalue weighted by Crippen LogP contribution is -2.50. The van der Waals surface area contributed by atoms with Crippen molar-refractivity contribution in [2.75, 3.05) is 33.0 Å². The highest BCUT2D eigenvalue weighted by atomic mass is 32.2. The molecule has 1 aliphatic carbocycles. The van der Waals surface area contributed by atoms with Gasteiger partial charge in [-0.25, -0.2) is 17.7 Å². The summed E-state index contributed by atoms with van der Waals surface area (Å²) in [5, 5.41) is 9.73. The number of aliphatic hydroxyl groups is 1. The van der Waals surface area contributed by atoms with E-state index in [0.29, 0.717) is 18.0 Å². The van der Waals surface area contributed by atoms with E-state index < -0.39 is 22.2 Å². The molecule has 32 heavy (non-hydrogen) atoms. The Hall–Kier alpha value is -2.15. The van der Waals surface area contributed by atoms with Crippen molar-refractivity contribution in [1.29, 1.82) is 0 Å². The second kappa shape index (κ2) is 10.2. The van der Waals surface area contributed by atoms with Crippen LogP contribution in [0.3, 0.4) is 0 Å². The van der Waals surface area contributed by atoms with Crippen LogP contribution in [0.2, 0.25) is 0 Å². The van der Waals surface area contributed by atoms with Crippen LogP contribution in [0.4, 0.5) is 0 Å². The lowest BCUT2D eigenvalue weighted by molar-refractivity contribution is 0.0373. The van der Waals surface area contributed by atoms with Gasteiger partial charge in [-0.2, -0.15) is 0 Å². The van der Waals surface area contributed by atoms with Gasteiger partial charge < -0.3 is 14.7 Å². The zero-order chi connectivity index (χ0) is 23.5. The Morgan fingerprint density at radius 1 is 1.38 bits per heavy atom. The Kier molecular flexibility index (Phi) is 7.80. The maximum absolute atomic E-state index is 13.4. The Labute approximate surface area is 191 Å². The van der Waals surface area contributed by atoms with Crippen molar-refractivity contribution >= 4 is 15.9 Å². The Morgan fingerprint density at radius 3 is 2.69 bits per heavy atom. The van der Waals surface area contributed by atoms with Gasteiger partial charge in [-0.05, 0) is 25.8 Å². The quantitative estimate of drug-likeness (QED) is 0.668. The molecule has 176 valence electrons. The summed E-state index contributed by atoms with van der Waals surface area (Å²) in [6, 6.07) is 1.29. The number of carbonyl (C=O) groups excluding carboxylic acids is 1. The Morgan fingerprint density at radius 2 is 2.06 bits per heavy atom. The minimum atomic E-state index is -3.40. The second-order valence-corrected chi connectivity index (χ2v) is 11.1. The summed E-state index contributed by atoms with van der Waals surface area (Å²) in [4.78, 5) is 19.4. The summed E-state index contributed by atoms with van der Waals surface area (Å²) in [5.41, 5.74) is 0.921. The van der Waals surface area contributed by atoms with Crippen molar-refractivity contribution in [3.05, 3.63) is 23.4 Å². The molecule has 1 aromatic rings. The molecule has 8 nitrogen and oxygen atoms in total. The summed E-state index contributed by atoms with van der Waals surface area (Å²) >= 11 is 0. The summed E-state index contributed by atoms with van der Waals surface area (Å²) in [6.45, 7) is 3.94. The van der Waals surface area contributed by atoms with E-state index in [1.807, 2.05) is 6.92 Å². The van der Waals surface area contributed by atoms with Crippen LogP contribution in [0.1, 0.15) is 55.5 Å². The van der Waals surface area contributed by atoms with Gasteiger partial charge in [0, 0.05) is 37.2 Å². The summed E-state index contributed by atoms with van der Waals surface area (Å²) in [5.74, 6) is 6.51. The summed E-state index contributed by atoms with van der Waals surface area (Å²) < 4.78 is 31.2. The number of pyridine rings is 1. The Balaban J connectivity index is 1.97. The number of amides is 1. The van der Waals surface area contributed by atoms with Crippen LogP contribution in [0.25, 0.3) is 0 Å². The number of nitrogens with zero attached hydrogens (tertiary/aromatic N) is 3.